The van der Waals surface area contributed by atoms with E-state index in [1.165, 1.54) is 0 Å². The Balaban J connectivity index is 1.53. The van der Waals surface area contributed by atoms with Gasteiger partial charge < -0.3 is 10.4 Å². The highest BCUT2D eigenvalue weighted by Crippen LogP contribution is 2.34. The first-order valence-corrected chi connectivity index (χ1v) is 7.07. The van der Waals surface area contributed by atoms with E-state index in [1.807, 2.05) is 24.5 Å². The molecule has 3 heterocycles. The molecule has 1 fully saturated rings. The molecular formula is C14H15N7O. The van der Waals surface area contributed by atoms with Crippen molar-refractivity contribution in [3.8, 4) is 5.82 Å². The molecule has 1 aliphatic carbocycles. The van der Waals surface area contributed by atoms with Crippen molar-refractivity contribution in [2.45, 2.75) is 24.6 Å². The zero-order valence-corrected chi connectivity index (χ0v) is 11.7. The molecule has 112 valence electrons. The summed E-state index contributed by atoms with van der Waals surface area (Å²) in [5.41, 5.74) is 0. The van der Waals surface area contributed by atoms with Crippen molar-refractivity contribution in [1.29, 1.82) is 0 Å². The summed E-state index contributed by atoms with van der Waals surface area (Å²) >= 11 is 0. The molecule has 1 saturated carbocycles. The lowest BCUT2D eigenvalue weighted by atomic mass is 9.83. The van der Waals surface area contributed by atoms with Gasteiger partial charge in [-0.25, -0.2) is 9.67 Å². The van der Waals surface area contributed by atoms with E-state index in [0.717, 1.165) is 0 Å². The molecule has 0 unspecified atom stereocenters. The van der Waals surface area contributed by atoms with Crippen LogP contribution >= 0.6 is 0 Å². The van der Waals surface area contributed by atoms with Crippen LogP contribution in [-0.4, -0.2) is 46.8 Å². The minimum absolute atomic E-state index is 0.0667. The number of hydrogen-bond acceptors (Lipinski definition) is 6. The van der Waals surface area contributed by atoms with Crippen LogP contribution in [0.3, 0.4) is 0 Å². The Bertz CT molecular complexity index is 740. The predicted octanol–water partition coefficient (Wildman–Crippen LogP) is 0.645. The molecule has 22 heavy (non-hydrogen) atoms. The molecule has 3 atom stereocenters. The van der Waals surface area contributed by atoms with E-state index in [1.54, 1.807) is 34.2 Å². The molecule has 1 aliphatic rings. The number of aliphatic hydroxyl groups is 1. The third-order valence-electron chi connectivity index (χ3n) is 3.83. The average molecular weight is 297 g/mol. The molecule has 0 saturated heterocycles. The number of aliphatic hydroxyl groups excluding tert-OH is 1. The van der Waals surface area contributed by atoms with Crippen LogP contribution < -0.4 is 5.32 Å². The van der Waals surface area contributed by atoms with Gasteiger partial charge in [0.1, 0.15) is 5.82 Å². The topological polar surface area (TPSA) is 93.7 Å². The summed E-state index contributed by atoms with van der Waals surface area (Å²) in [5, 5.41) is 21.6. The maximum atomic E-state index is 9.98. The van der Waals surface area contributed by atoms with Gasteiger partial charge in [-0.15, -0.1) is 0 Å². The maximum absolute atomic E-state index is 9.98. The monoisotopic (exact) mass is 297 g/mol. The standard InChI is InChI=1S/C14H15N7O/c22-11-7-10(14(11)21-6-2-4-17-21)18-12-8-15-9-13(19-12)20-5-1-3-16-20/h1-6,8-11,14,22H,7H2,(H,18,19)/t10-,11+,14+/m0/s1. The van der Waals surface area contributed by atoms with E-state index < -0.39 is 6.10 Å². The van der Waals surface area contributed by atoms with Crippen LogP contribution in [-0.2, 0) is 0 Å². The highest BCUT2D eigenvalue weighted by Gasteiger charge is 2.42. The van der Waals surface area contributed by atoms with Gasteiger partial charge in [0.2, 0.25) is 0 Å². The van der Waals surface area contributed by atoms with Crippen LogP contribution in [0.25, 0.3) is 5.82 Å². The summed E-state index contributed by atoms with van der Waals surface area (Å²) in [6.07, 6.45) is 10.6. The van der Waals surface area contributed by atoms with Gasteiger partial charge in [0.15, 0.2) is 5.82 Å². The first-order chi connectivity index (χ1) is 10.8. The Morgan fingerprint density at radius 1 is 1.14 bits per heavy atom. The maximum Gasteiger partial charge on any atom is 0.173 e. The first-order valence-electron chi connectivity index (χ1n) is 7.07. The summed E-state index contributed by atoms with van der Waals surface area (Å²) in [7, 11) is 0. The van der Waals surface area contributed by atoms with Crippen molar-refractivity contribution in [1.82, 2.24) is 29.5 Å². The quantitative estimate of drug-likeness (QED) is 0.734. The van der Waals surface area contributed by atoms with Crippen LogP contribution in [0.4, 0.5) is 5.82 Å². The van der Waals surface area contributed by atoms with E-state index in [2.05, 4.69) is 25.5 Å². The number of nitrogens with zero attached hydrogens (tertiary/aromatic N) is 6. The summed E-state index contributed by atoms with van der Waals surface area (Å²) in [6, 6.07) is 3.65. The molecule has 0 aromatic carbocycles. The van der Waals surface area contributed by atoms with Crippen LogP contribution in [0, 0.1) is 0 Å². The Labute approximate surface area is 126 Å². The summed E-state index contributed by atoms with van der Waals surface area (Å²) < 4.78 is 3.43. The zero-order valence-electron chi connectivity index (χ0n) is 11.7. The fourth-order valence-corrected chi connectivity index (χ4v) is 2.70. The second-order valence-corrected chi connectivity index (χ2v) is 5.24. The van der Waals surface area contributed by atoms with Crippen LogP contribution in [0.15, 0.2) is 49.3 Å². The zero-order chi connectivity index (χ0) is 14.9. The third-order valence-corrected chi connectivity index (χ3v) is 3.83. The van der Waals surface area contributed by atoms with Crippen LogP contribution in [0.2, 0.25) is 0 Å². The fraction of sp³-hybridized carbons (Fsp3) is 0.286. The highest BCUT2D eigenvalue weighted by molar-refractivity contribution is 5.38. The van der Waals surface area contributed by atoms with Crippen LogP contribution in [0.1, 0.15) is 12.5 Å². The highest BCUT2D eigenvalue weighted by atomic mass is 16.3. The van der Waals surface area contributed by atoms with Gasteiger partial charge in [-0.1, -0.05) is 0 Å². The van der Waals surface area contributed by atoms with Crippen LogP contribution in [0.5, 0.6) is 0 Å². The normalized spacial score (nSPS) is 24.0. The molecule has 3 aromatic heterocycles. The van der Waals surface area contributed by atoms with E-state index in [4.69, 9.17) is 0 Å². The Morgan fingerprint density at radius 2 is 2.00 bits per heavy atom. The average Bonchev–Trinajstić information content (AvgIpc) is 3.20. The molecule has 8 nitrogen and oxygen atoms in total. The van der Waals surface area contributed by atoms with Crippen molar-refractivity contribution in [3.05, 3.63) is 49.3 Å². The minimum atomic E-state index is -0.403. The number of anilines is 1. The molecule has 0 amide bonds. The lowest BCUT2D eigenvalue weighted by Gasteiger charge is -2.42. The van der Waals surface area contributed by atoms with Gasteiger partial charge in [-0.3, -0.25) is 9.67 Å². The van der Waals surface area contributed by atoms with Crippen molar-refractivity contribution >= 4 is 5.82 Å². The van der Waals surface area contributed by atoms with Gasteiger partial charge in [-0.2, -0.15) is 10.2 Å². The smallest absolute Gasteiger partial charge is 0.173 e. The Hall–Kier alpha value is -2.74. The SMILES string of the molecule is O[C@@H]1C[C@H](Nc2cncc(-n3cccn3)n2)[C@H]1n1cccn1. The fourth-order valence-electron chi connectivity index (χ4n) is 2.70. The summed E-state index contributed by atoms with van der Waals surface area (Å²) in [6.45, 7) is 0. The summed E-state index contributed by atoms with van der Waals surface area (Å²) in [5.74, 6) is 1.30. The molecule has 0 bridgehead atoms. The molecule has 0 spiro atoms. The van der Waals surface area contributed by atoms with Crippen molar-refractivity contribution in [2.75, 3.05) is 5.32 Å². The minimum Gasteiger partial charge on any atom is -0.391 e. The number of rotatable bonds is 4. The first kappa shape index (κ1) is 13.0. The molecule has 3 aromatic rings. The van der Waals surface area contributed by atoms with Crippen molar-refractivity contribution < 1.29 is 5.11 Å². The number of nitrogens with one attached hydrogen (secondary N) is 1. The predicted molar refractivity (Wildman–Crippen MR) is 78.5 cm³/mol. The van der Waals surface area contributed by atoms with Crippen molar-refractivity contribution in [2.24, 2.45) is 0 Å². The second-order valence-electron chi connectivity index (χ2n) is 5.24. The van der Waals surface area contributed by atoms with Crippen molar-refractivity contribution in [3.63, 3.8) is 0 Å². The lowest BCUT2D eigenvalue weighted by Crippen LogP contribution is -2.51. The second kappa shape index (κ2) is 5.23. The molecule has 2 N–H and O–H groups in total. The molecule has 0 aliphatic heterocycles. The van der Waals surface area contributed by atoms with Gasteiger partial charge in [0.05, 0.1) is 30.6 Å². The van der Waals surface area contributed by atoms with E-state index in [9.17, 15) is 5.11 Å². The lowest BCUT2D eigenvalue weighted by molar-refractivity contribution is 0.0133. The molecule has 0 radical (unpaired) electrons. The van der Waals surface area contributed by atoms with Gasteiger partial charge in [0, 0.05) is 24.8 Å². The van der Waals surface area contributed by atoms with E-state index in [-0.39, 0.29) is 12.1 Å². The van der Waals surface area contributed by atoms with Gasteiger partial charge >= 0.3 is 0 Å². The Kier molecular flexibility index (Phi) is 3.08. The van der Waals surface area contributed by atoms with Gasteiger partial charge in [-0.05, 0) is 18.6 Å². The van der Waals surface area contributed by atoms with Gasteiger partial charge in [0.25, 0.3) is 0 Å². The number of aromatic nitrogens is 6. The van der Waals surface area contributed by atoms with E-state index >= 15 is 0 Å². The molecule has 4 rings (SSSR count). The number of hydrogen-bond donors (Lipinski definition) is 2. The largest absolute Gasteiger partial charge is 0.391 e. The molecular weight excluding hydrogens is 282 g/mol. The van der Waals surface area contributed by atoms with E-state index in [0.29, 0.717) is 18.1 Å². The summed E-state index contributed by atoms with van der Waals surface area (Å²) in [4.78, 5) is 8.68. The molecule has 8 heteroatoms. The Morgan fingerprint density at radius 3 is 2.73 bits per heavy atom. The third kappa shape index (κ3) is 2.23.